The average Bonchev–Trinajstić information content (AvgIpc) is 2.22. The Kier molecular flexibility index (Phi) is 3.10. The summed E-state index contributed by atoms with van der Waals surface area (Å²) in [7, 11) is 0. The van der Waals surface area contributed by atoms with E-state index in [1.807, 2.05) is 20.8 Å². The molecule has 1 saturated heterocycles. The SMILES string of the molecule is C[C@H]1CN(C(=O)C(Cl)Cl)C(C)(C)O1. The van der Waals surface area contributed by atoms with E-state index in [2.05, 4.69) is 0 Å². The number of alkyl halides is 2. The predicted molar refractivity (Wildman–Crippen MR) is 51.8 cm³/mol. The number of hydrogen-bond acceptors (Lipinski definition) is 2. The number of halogens is 2. The van der Waals surface area contributed by atoms with Crippen molar-refractivity contribution >= 4 is 29.1 Å². The first kappa shape index (κ1) is 11.1. The minimum Gasteiger partial charge on any atom is -0.351 e. The summed E-state index contributed by atoms with van der Waals surface area (Å²) in [5.74, 6) is -0.294. The molecule has 0 aromatic rings. The summed E-state index contributed by atoms with van der Waals surface area (Å²) in [4.78, 5) is 12.0. The van der Waals surface area contributed by atoms with Gasteiger partial charge in [0.1, 0.15) is 5.72 Å². The molecule has 0 bridgehead atoms. The van der Waals surface area contributed by atoms with Crippen molar-refractivity contribution < 1.29 is 9.53 Å². The van der Waals surface area contributed by atoms with Crippen LogP contribution in [0.1, 0.15) is 20.8 Å². The number of nitrogens with zero attached hydrogens (tertiary/aromatic N) is 1. The van der Waals surface area contributed by atoms with Gasteiger partial charge in [-0.15, -0.1) is 0 Å². The first-order valence-electron chi connectivity index (χ1n) is 4.12. The summed E-state index contributed by atoms with van der Waals surface area (Å²) >= 11 is 11.0. The molecule has 0 aromatic carbocycles. The third kappa shape index (κ3) is 2.27. The van der Waals surface area contributed by atoms with Crippen molar-refractivity contribution in [3.8, 4) is 0 Å². The Labute approximate surface area is 87.9 Å². The highest BCUT2D eigenvalue weighted by Gasteiger charge is 2.41. The lowest BCUT2D eigenvalue weighted by Gasteiger charge is -2.30. The summed E-state index contributed by atoms with van der Waals surface area (Å²) in [6.45, 7) is 6.10. The zero-order chi connectivity index (χ0) is 10.2. The van der Waals surface area contributed by atoms with Crippen molar-refractivity contribution in [3.63, 3.8) is 0 Å². The van der Waals surface area contributed by atoms with E-state index >= 15 is 0 Å². The van der Waals surface area contributed by atoms with Gasteiger partial charge in [0.05, 0.1) is 6.10 Å². The maximum absolute atomic E-state index is 11.5. The highest BCUT2D eigenvalue weighted by atomic mass is 35.5. The second kappa shape index (κ2) is 3.64. The van der Waals surface area contributed by atoms with Crippen molar-refractivity contribution in [2.75, 3.05) is 6.54 Å². The highest BCUT2D eigenvalue weighted by molar-refractivity contribution is 6.53. The third-order valence-electron chi connectivity index (χ3n) is 2.03. The molecule has 5 heteroatoms. The van der Waals surface area contributed by atoms with Gasteiger partial charge in [-0.05, 0) is 20.8 Å². The molecule has 1 amide bonds. The summed E-state index contributed by atoms with van der Waals surface area (Å²) in [5.41, 5.74) is -0.599. The molecule has 0 radical (unpaired) electrons. The van der Waals surface area contributed by atoms with Crippen molar-refractivity contribution in [3.05, 3.63) is 0 Å². The largest absolute Gasteiger partial charge is 0.351 e. The monoisotopic (exact) mass is 225 g/mol. The van der Waals surface area contributed by atoms with E-state index in [-0.39, 0.29) is 12.0 Å². The molecule has 1 aliphatic rings. The van der Waals surface area contributed by atoms with E-state index in [0.29, 0.717) is 6.54 Å². The van der Waals surface area contributed by atoms with Crippen LogP contribution < -0.4 is 0 Å². The normalized spacial score (nSPS) is 26.9. The van der Waals surface area contributed by atoms with Crippen molar-refractivity contribution in [2.24, 2.45) is 0 Å². The van der Waals surface area contributed by atoms with Gasteiger partial charge in [0.25, 0.3) is 5.91 Å². The molecule has 0 N–H and O–H groups in total. The molecular weight excluding hydrogens is 213 g/mol. The smallest absolute Gasteiger partial charge is 0.258 e. The number of hydrogen-bond donors (Lipinski definition) is 0. The maximum atomic E-state index is 11.5. The Morgan fingerprint density at radius 1 is 1.62 bits per heavy atom. The maximum Gasteiger partial charge on any atom is 0.258 e. The van der Waals surface area contributed by atoms with Crippen LogP contribution in [0.25, 0.3) is 0 Å². The van der Waals surface area contributed by atoms with Crippen LogP contribution >= 0.6 is 23.2 Å². The van der Waals surface area contributed by atoms with Crippen molar-refractivity contribution in [2.45, 2.75) is 37.4 Å². The molecule has 1 fully saturated rings. The number of rotatable bonds is 1. The molecule has 76 valence electrons. The zero-order valence-electron chi connectivity index (χ0n) is 7.88. The Hall–Kier alpha value is 0.01000. The molecule has 0 aromatic heterocycles. The van der Waals surface area contributed by atoms with Crippen LogP contribution in [-0.2, 0) is 9.53 Å². The van der Waals surface area contributed by atoms with Gasteiger partial charge in [0, 0.05) is 6.54 Å². The van der Waals surface area contributed by atoms with Crippen LogP contribution in [-0.4, -0.2) is 34.0 Å². The first-order valence-corrected chi connectivity index (χ1v) is 4.99. The van der Waals surface area contributed by atoms with Crippen LogP contribution in [0.15, 0.2) is 0 Å². The molecule has 1 atom stereocenters. The fourth-order valence-electron chi connectivity index (χ4n) is 1.54. The summed E-state index contributed by atoms with van der Waals surface area (Å²) in [6.07, 6.45) is 0.0334. The van der Waals surface area contributed by atoms with E-state index in [9.17, 15) is 4.79 Å². The van der Waals surface area contributed by atoms with Gasteiger partial charge in [0.15, 0.2) is 4.84 Å². The van der Waals surface area contributed by atoms with Gasteiger partial charge in [-0.3, -0.25) is 4.79 Å². The number of carbonyl (C=O) groups is 1. The lowest BCUT2D eigenvalue weighted by atomic mass is 10.2. The van der Waals surface area contributed by atoms with Gasteiger partial charge >= 0.3 is 0 Å². The molecule has 0 saturated carbocycles. The fourth-order valence-corrected chi connectivity index (χ4v) is 1.78. The Balaban J connectivity index is 2.75. The van der Waals surface area contributed by atoms with Crippen LogP contribution in [0.3, 0.4) is 0 Å². The number of amides is 1. The molecule has 1 aliphatic heterocycles. The third-order valence-corrected chi connectivity index (χ3v) is 2.41. The molecule has 0 spiro atoms. The number of ether oxygens (including phenoxy) is 1. The number of carbonyl (C=O) groups excluding carboxylic acids is 1. The summed E-state index contributed by atoms with van der Waals surface area (Å²) in [5, 5.41) is 0. The Morgan fingerprint density at radius 2 is 2.15 bits per heavy atom. The zero-order valence-corrected chi connectivity index (χ0v) is 9.39. The second-order valence-electron chi connectivity index (χ2n) is 3.62. The van der Waals surface area contributed by atoms with Gasteiger partial charge in [-0.1, -0.05) is 23.2 Å². The van der Waals surface area contributed by atoms with E-state index in [4.69, 9.17) is 27.9 Å². The Morgan fingerprint density at radius 3 is 2.46 bits per heavy atom. The lowest BCUT2D eigenvalue weighted by Crippen LogP contribution is -2.45. The molecule has 3 nitrogen and oxygen atoms in total. The fraction of sp³-hybridized carbons (Fsp3) is 0.875. The van der Waals surface area contributed by atoms with Crippen molar-refractivity contribution in [1.82, 2.24) is 4.90 Å². The quantitative estimate of drug-likeness (QED) is 0.637. The molecule has 1 rings (SSSR count). The van der Waals surface area contributed by atoms with E-state index in [0.717, 1.165) is 0 Å². The predicted octanol–water partition coefficient (Wildman–Crippen LogP) is 1.77. The molecule has 13 heavy (non-hydrogen) atoms. The standard InChI is InChI=1S/C8H13Cl2NO2/c1-5-4-11(7(12)6(9)10)8(2,3)13-5/h5-6H,4H2,1-3H3/t5-/m0/s1. The molecular formula is C8H13Cl2NO2. The minimum absolute atomic E-state index is 0.0334. The van der Waals surface area contributed by atoms with E-state index in [1.165, 1.54) is 0 Å². The van der Waals surface area contributed by atoms with Crippen LogP contribution in [0.4, 0.5) is 0 Å². The van der Waals surface area contributed by atoms with Crippen molar-refractivity contribution in [1.29, 1.82) is 0 Å². The van der Waals surface area contributed by atoms with Gasteiger partial charge in [-0.25, -0.2) is 0 Å². The minimum atomic E-state index is -1.01. The van der Waals surface area contributed by atoms with Crippen LogP contribution in [0.5, 0.6) is 0 Å². The van der Waals surface area contributed by atoms with Gasteiger partial charge in [0.2, 0.25) is 0 Å². The lowest BCUT2D eigenvalue weighted by molar-refractivity contribution is -0.143. The topological polar surface area (TPSA) is 29.5 Å². The van der Waals surface area contributed by atoms with Crippen LogP contribution in [0.2, 0.25) is 0 Å². The highest BCUT2D eigenvalue weighted by Crippen LogP contribution is 2.28. The molecule has 0 aliphatic carbocycles. The van der Waals surface area contributed by atoms with Gasteiger partial charge in [-0.2, -0.15) is 0 Å². The summed E-state index contributed by atoms with van der Waals surface area (Å²) in [6, 6.07) is 0. The van der Waals surface area contributed by atoms with E-state index in [1.54, 1.807) is 4.90 Å². The Bertz CT molecular complexity index is 218. The summed E-state index contributed by atoms with van der Waals surface area (Å²) < 4.78 is 5.52. The van der Waals surface area contributed by atoms with Gasteiger partial charge < -0.3 is 9.64 Å². The average molecular weight is 226 g/mol. The second-order valence-corrected chi connectivity index (χ2v) is 4.72. The molecule has 1 heterocycles. The van der Waals surface area contributed by atoms with E-state index < -0.39 is 10.6 Å². The molecule has 0 unspecified atom stereocenters. The van der Waals surface area contributed by atoms with Crippen LogP contribution in [0, 0.1) is 0 Å². The first-order chi connectivity index (χ1) is 5.84.